The van der Waals surface area contributed by atoms with Gasteiger partial charge in [-0.1, -0.05) is 18.2 Å². The lowest BCUT2D eigenvalue weighted by atomic mass is 10.1. The number of halogens is 1. The lowest BCUT2D eigenvalue weighted by Crippen LogP contribution is -2.38. The van der Waals surface area contributed by atoms with Crippen LogP contribution in [0.2, 0.25) is 0 Å². The van der Waals surface area contributed by atoms with E-state index in [4.69, 9.17) is 0 Å². The Morgan fingerprint density at radius 2 is 2.14 bits per heavy atom. The average Bonchev–Trinajstić information content (AvgIpc) is 3.00. The summed E-state index contributed by atoms with van der Waals surface area (Å²) in [6.07, 6.45) is 2.30. The molecule has 1 aromatic carbocycles. The number of rotatable bonds is 6. The molecule has 6 nitrogen and oxygen atoms in total. The molecular weight excluding hydrogens is 283 g/mol. The summed E-state index contributed by atoms with van der Waals surface area (Å²) in [4.78, 5) is 4.14. The smallest absolute Gasteiger partial charge is 0.191 e. The molecule has 0 aliphatic rings. The molecule has 1 heterocycles. The van der Waals surface area contributed by atoms with Gasteiger partial charge in [0.15, 0.2) is 11.8 Å². The standard InChI is InChI=1S/C15H21FN6/c1-3-22-11-20-21-14(22)10-19-15(17-2)18-9-8-12-6-4-5-7-13(12)16/h4-7,11H,3,8-10H2,1-2H3,(H2,17,18,19). The third-order valence-corrected chi connectivity index (χ3v) is 3.32. The summed E-state index contributed by atoms with van der Waals surface area (Å²) in [6.45, 7) is 3.99. The van der Waals surface area contributed by atoms with Crippen molar-refractivity contribution < 1.29 is 4.39 Å². The molecule has 0 spiro atoms. The maximum absolute atomic E-state index is 13.5. The summed E-state index contributed by atoms with van der Waals surface area (Å²) in [5.74, 6) is 1.32. The molecule has 0 saturated carbocycles. The molecule has 0 atom stereocenters. The molecule has 2 aromatic rings. The van der Waals surface area contributed by atoms with Gasteiger partial charge in [-0.2, -0.15) is 0 Å². The lowest BCUT2D eigenvalue weighted by Gasteiger charge is -2.12. The van der Waals surface area contributed by atoms with Crippen molar-refractivity contribution in [2.45, 2.75) is 26.4 Å². The van der Waals surface area contributed by atoms with Gasteiger partial charge in [0.1, 0.15) is 12.1 Å². The van der Waals surface area contributed by atoms with Gasteiger partial charge in [-0.05, 0) is 25.0 Å². The summed E-state index contributed by atoms with van der Waals surface area (Å²) in [7, 11) is 1.70. The van der Waals surface area contributed by atoms with Crippen molar-refractivity contribution in [3.8, 4) is 0 Å². The van der Waals surface area contributed by atoms with E-state index < -0.39 is 0 Å². The molecule has 1 aromatic heterocycles. The van der Waals surface area contributed by atoms with Crippen LogP contribution in [0.4, 0.5) is 4.39 Å². The predicted molar refractivity (Wildman–Crippen MR) is 84.0 cm³/mol. The number of hydrogen-bond acceptors (Lipinski definition) is 3. The van der Waals surface area contributed by atoms with E-state index in [1.807, 2.05) is 17.6 Å². The zero-order valence-corrected chi connectivity index (χ0v) is 12.9. The van der Waals surface area contributed by atoms with Gasteiger partial charge in [-0.15, -0.1) is 10.2 Å². The molecule has 7 heteroatoms. The first kappa shape index (κ1) is 15.9. The van der Waals surface area contributed by atoms with Gasteiger partial charge in [0.25, 0.3) is 0 Å². The zero-order chi connectivity index (χ0) is 15.8. The number of aryl methyl sites for hydroxylation is 1. The van der Waals surface area contributed by atoms with Gasteiger partial charge in [-0.25, -0.2) is 4.39 Å². The highest BCUT2D eigenvalue weighted by atomic mass is 19.1. The SMILES string of the molecule is CCn1cnnc1CNC(=NC)NCCc1ccccc1F. The Morgan fingerprint density at radius 1 is 1.32 bits per heavy atom. The maximum Gasteiger partial charge on any atom is 0.191 e. The van der Waals surface area contributed by atoms with Crippen molar-refractivity contribution >= 4 is 5.96 Å². The summed E-state index contributed by atoms with van der Waals surface area (Å²) in [5.41, 5.74) is 0.691. The number of hydrogen-bond donors (Lipinski definition) is 2. The molecular formula is C15H21FN6. The van der Waals surface area contributed by atoms with E-state index in [9.17, 15) is 4.39 Å². The van der Waals surface area contributed by atoms with Crippen LogP contribution in [0.15, 0.2) is 35.6 Å². The van der Waals surface area contributed by atoms with Crippen molar-refractivity contribution in [3.63, 3.8) is 0 Å². The van der Waals surface area contributed by atoms with Crippen LogP contribution >= 0.6 is 0 Å². The van der Waals surface area contributed by atoms with Gasteiger partial charge in [0.05, 0.1) is 6.54 Å². The highest BCUT2D eigenvalue weighted by Gasteiger charge is 2.05. The van der Waals surface area contributed by atoms with Gasteiger partial charge in [-0.3, -0.25) is 4.99 Å². The van der Waals surface area contributed by atoms with Crippen LogP contribution in [0, 0.1) is 5.82 Å². The minimum atomic E-state index is -0.178. The number of nitrogens with one attached hydrogen (secondary N) is 2. The van der Waals surface area contributed by atoms with E-state index in [2.05, 4.69) is 25.8 Å². The largest absolute Gasteiger partial charge is 0.356 e. The van der Waals surface area contributed by atoms with E-state index in [0.29, 0.717) is 31.0 Å². The highest BCUT2D eigenvalue weighted by molar-refractivity contribution is 5.79. The summed E-state index contributed by atoms with van der Waals surface area (Å²) < 4.78 is 15.5. The van der Waals surface area contributed by atoms with Gasteiger partial charge in [0, 0.05) is 20.1 Å². The van der Waals surface area contributed by atoms with Crippen LogP contribution in [0.3, 0.4) is 0 Å². The minimum Gasteiger partial charge on any atom is -0.356 e. The van der Waals surface area contributed by atoms with Gasteiger partial charge in [0.2, 0.25) is 0 Å². The third kappa shape index (κ3) is 4.28. The van der Waals surface area contributed by atoms with Gasteiger partial charge < -0.3 is 15.2 Å². The van der Waals surface area contributed by atoms with Crippen molar-refractivity contribution in [3.05, 3.63) is 47.8 Å². The summed E-state index contributed by atoms with van der Waals surface area (Å²) >= 11 is 0. The molecule has 2 N–H and O–H groups in total. The first-order valence-electron chi connectivity index (χ1n) is 7.29. The summed E-state index contributed by atoms with van der Waals surface area (Å²) in [5, 5.41) is 14.3. The number of guanidine groups is 1. The molecule has 22 heavy (non-hydrogen) atoms. The van der Waals surface area contributed by atoms with E-state index in [1.165, 1.54) is 6.07 Å². The van der Waals surface area contributed by atoms with E-state index in [0.717, 1.165) is 12.4 Å². The first-order valence-corrected chi connectivity index (χ1v) is 7.29. The van der Waals surface area contributed by atoms with Crippen LogP contribution in [-0.2, 0) is 19.5 Å². The minimum absolute atomic E-state index is 0.178. The Labute approximate surface area is 129 Å². The molecule has 118 valence electrons. The van der Waals surface area contributed by atoms with Crippen LogP contribution in [0.25, 0.3) is 0 Å². The highest BCUT2D eigenvalue weighted by Crippen LogP contribution is 2.06. The van der Waals surface area contributed by atoms with Crippen molar-refractivity contribution in [1.82, 2.24) is 25.4 Å². The Morgan fingerprint density at radius 3 is 2.86 bits per heavy atom. The fraction of sp³-hybridized carbons (Fsp3) is 0.400. The Hall–Kier alpha value is -2.44. The molecule has 0 unspecified atom stereocenters. The second-order valence-electron chi connectivity index (χ2n) is 4.73. The fourth-order valence-electron chi connectivity index (χ4n) is 2.08. The molecule has 0 bridgehead atoms. The zero-order valence-electron chi connectivity index (χ0n) is 12.9. The van der Waals surface area contributed by atoms with Crippen LogP contribution in [0.5, 0.6) is 0 Å². The van der Waals surface area contributed by atoms with E-state index in [1.54, 1.807) is 25.5 Å². The Balaban J connectivity index is 1.79. The molecule has 2 rings (SSSR count). The van der Waals surface area contributed by atoms with E-state index in [-0.39, 0.29) is 5.82 Å². The van der Waals surface area contributed by atoms with Crippen LogP contribution < -0.4 is 10.6 Å². The molecule has 0 saturated heterocycles. The second kappa shape index (κ2) is 8.11. The number of nitrogens with zero attached hydrogens (tertiary/aromatic N) is 4. The fourth-order valence-corrected chi connectivity index (χ4v) is 2.08. The first-order chi connectivity index (χ1) is 10.7. The predicted octanol–water partition coefficient (Wildman–Crippen LogP) is 1.34. The maximum atomic E-state index is 13.5. The average molecular weight is 304 g/mol. The number of benzene rings is 1. The number of aromatic nitrogens is 3. The normalized spacial score (nSPS) is 11.5. The Kier molecular flexibility index (Phi) is 5.88. The second-order valence-corrected chi connectivity index (χ2v) is 4.73. The summed E-state index contributed by atoms with van der Waals surface area (Å²) in [6, 6.07) is 6.79. The van der Waals surface area contributed by atoms with Crippen LogP contribution in [-0.4, -0.2) is 34.3 Å². The van der Waals surface area contributed by atoms with Gasteiger partial charge >= 0.3 is 0 Å². The Bertz CT molecular complexity index is 622. The molecule has 0 radical (unpaired) electrons. The lowest BCUT2D eigenvalue weighted by molar-refractivity contribution is 0.606. The van der Waals surface area contributed by atoms with Crippen molar-refractivity contribution in [1.29, 1.82) is 0 Å². The molecule has 0 amide bonds. The topological polar surface area (TPSA) is 67.1 Å². The third-order valence-electron chi connectivity index (χ3n) is 3.32. The van der Waals surface area contributed by atoms with Crippen LogP contribution in [0.1, 0.15) is 18.3 Å². The van der Waals surface area contributed by atoms with E-state index >= 15 is 0 Å². The molecule has 0 aliphatic heterocycles. The van der Waals surface area contributed by atoms with Crippen molar-refractivity contribution in [2.75, 3.05) is 13.6 Å². The monoisotopic (exact) mass is 304 g/mol. The quantitative estimate of drug-likeness (QED) is 0.624. The molecule has 0 aliphatic carbocycles. The number of aliphatic imine (C=N–C) groups is 1. The van der Waals surface area contributed by atoms with Crippen molar-refractivity contribution in [2.24, 2.45) is 4.99 Å². The molecule has 0 fully saturated rings.